The SMILES string of the molecule is CC1OCCC1c1nnc(CNC(C)(C)C)o1. The molecular formula is C12H21N3O2. The van der Waals surface area contributed by atoms with E-state index >= 15 is 0 Å². The molecule has 2 atom stereocenters. The summed E-state index contributed by atoms with van der Waals surface area (Å²) >= 11 is 0. The zero-order valence-corrected chi connectivity index (χ0v) is 11.0. The van der Waals surface area contributed by atoms with Crippen LogP contribution in [0.5, 0.6) is 0 Å². The van der Waals surface area contributed by atoms with Crippen molar-refractivity contribution in [1.82, 2.24) is 15.5 Å². The molecule has 1 fully saturated rings. The number of hydrogen-bond donors (Lipinski definition) is 1. The first-order chi connectivity index (χ1) is 7.96. The van der Waals surface area contributed by atoms with Gasteiger partial charge in [-0.05, 0) is 34.1 Å². The highest BCUT2D eigenvalue weighted by atomic mass is 16.5. The first-order valence-electron chi connectivity index (χ1n) is 6.14. The molecule has 1 aliphatic heterocycles. The van der Waals surface area contributed by atoms with Gasteiger partial charge < -0.3 is 14.5 Å². The van der Waals surface area contributed by atoms with Crippen LogP contribution in [0.25, 0.3) is 0 Å². The molecule has 0 spiro atoms. The maximum Gasteiger partial charge on any atom is 0.230 e. The lowest BCUT2D eigenvalue weighted by atomic mass is 10.0. The number of aromatic nitrogens is 2. The average Bonchev–Trinajstić information content (AvgIpc) is 2.81. The van der Waals surface area contributed by atoms with Crippen LogP contribution < -0.4 is 5.32 Å². The summed E-state index contributed by atoms with van der Waals surface area (Å²) in [6, 6.07) is 0. The van der Waals surface area contributed by atoms with Gasteiger partial charge >= 0.3 is 0 Å². The molecule has 5 nitrogen and oxygen atoms in total. The first kappa shape index (κ1) is 12.5. The molecule has 0 aliphatic carbocycles. The Morgan fingerprint density at radius 1 is 1.35 bits per heavy atom. The van der Waals surface area contributed by atoms with Crippen molar-refractivity contribution in [2.75, 3.05) is 6.61 Å². The van der Waals surface area contributed by atoms with E-state index in [9.17, 15) is 0 Å². The maximum absolute atomic E-state index is 5.67. The fourth-order valence-electron chi connectivity index (χ4n) is 1.88. The van der Waals surface area contributed by atoms with E-state index in [1.165, 1.54) is 0 Å². The van der Waals surface area contributed by atoms with Gasteiger partial charge in [0.25, 0.3) is 0 Å². The second-order valence-corrected chi connectivity index (χ2v) is 5.61. The Morgan fingerprint density at radius 3 is 2.71 bits per heavy atom. The molecule has 2 unspecified atom stereocenters. The van der Waals surface area contributed by atoms with Crippen molar-refractivity contribution in [3.05, 3.63) is 11.8 Å². The van der Waals surface area contributed by atoms with Gasteiger partial charge in [0.2, 0.25) is 11.8 Å². The number of nitrogens with zero attached hydrogens (tertiary/aromatic N) is 2. The average molecular weight is 239 g/mol. The molecule has 2 rings (SSSR count). The van der Waals surface area contributed by atoms with Gasteiger partial charge in [0.1, 0.15) is 0 Å². The highest BCUT2D eigenvalue weighted by molar-refractivity contribution is 4.97. The van der Waals surface area contributed by atoms with Crippen LogP contribution in [0, 0.1) is 0 Å². The van der Waals surface area contributed by atoms with Crippen LogP contribution in [-0.2, 0) is 11.3 Å². The fourth-order valence-corrected chi connectivity index (χ4v) is 1.88. The highest BCUT2D eigenvalue weighted by Gasteiger charge is 2.30. The second-order valence-electron chi connectivity index (χ2n) is 5.61. The van der Waals surface area contributed by atoms with Crippen molar-refractivity contribution in [3.63, 3.8) is 0 Å². The molecule has 1 saturated heterocycles. The van der Waals surface area contributed by atoms with Gasteiger partial charge in [-0.1, -0.05) is 0 Å². The normalized spacial score (nSPS) is 25.4. The van der Waals surface area contributed by atoms with Crippen LogP contribution in [0.15, 0.2) is 4.42 Å². The Balaban J connectivity index is 1.96. The summed E-state index contributed by atoms with van der Waals surface area (Å²) in [5.74, 6) is 1.61. The van der Waals surface area contributed by atoms with E-state index in [-0.39, 0.29) is 17.6 Å². The number of ether oxygens (including phenoxy) is 1. The van der Waals surface area contributed by atoms with E-state index in [4.69, 9.17) is 9.15 Å². The van der Waals surface area contributed by atoms with Gasteiger partial charge in [-0.15, -0.1) is 10.2 Å². The summed E-state index contributed by atoms with van der Waals surface area (Å²) in [6.07, 6.45) is 1.15. The first-order valence-corrected chi connectivity index (χ1v) is 6.14. The minimum Gasteiger partial charge on any atom is -0.423 e. The summed E-state index contributed by atoms with van der Waals surface area (Å²) < 4.78 is 11.2. The molecular weight excluding hydrogens is 218 g/mol. The summed E-state index contributed by atoms with van der Waals surface area (Å²) in [5, 5.41) is 11.5. The molecule has 17 heavy (non-hydrogen) atoms. The summed E-state index contributed by atoms with van der Waals surface area (Å²) in [4.78, 5) is 0. The van der Waals surface area contributed by atoms with Crippen LogP contribution in [0.1, 0.15) is 51.8 Å². The van der Waals surface area contributed by atoms with Crippen molar-refractivity contribution < 1.29 is 9.15 Å². The zero-order chi connectivity index (χ0) is 12.5. The summed E-state index contributed by atoms with van der Waals surface area (Å²) in [7, 11) is 0. The predicted octanol–water partition coefficient (Wildman–Crippen LogP) is 1.85. The molecule has 5 heteroatoms. The van der Waals surface area contributed by atoms with Crippen molar-refractivity contribution in [2.45, 2.75) is 58.2 Å². The lowest BCUT2D eigenvalue weighted by Gasteiger charge is -2.18. The monoisotopic (exact) mass is 239 g/mol. The minimum absolute atomic E-state index is 0.0540. The summed E-state index contributed by atoms with van der Waals surface area (Å²) in [6.45, 7) is 9.77. The van der Waals surface area contributed by atoms with Gasteiger partial charge in [-0.2, -0.15) is 0 Å². The molecule has 1 aromatic heterocycles. The van der Waals surface area contributed by atoms with Crippen molar-refractivity contribution >= 4 is 0 Å². The predicted molar refractivity (Wildman–Crippen MR) is 63.7 cm³/mol. The van der Waals surface area contributed by atoms with Crippen LogP contribution in [0.3, 0.4) is 0 Å². The molecule has 2 heterocycles. The molecule has 0 bridgehead atoms. The fraction of sp³-hybridized carbons (Fsp3) is 0.833. The smallest absolute Gasteiger partial charge is 0.230 e. The summed E-state index contributed by atoms with van der Waals surface area (Å²) in [5.41, 5.74) is 0.0540. The van der Waals surface area contributed by atoms with E-state index in [1.807, 2.05) is 0 Å². The minimum atomic E-state index is 0.0540. The van der Waals surface area contributed by atoms with E-state index in [0.29, 0.717) is 18.3 Å². The van der Waals surface area contributed by atoms with E-state index in [2.05, 4.69) is 43.2 Å². The number of rotatable bonds is 3. The van der Waals surface area contributed by atoms with Gasteiger partial charge in [0.05, 0.1) is 18.6 Å². The molecule has 1 aliphatic rings. The third-order valence-corrected chi connectivity index (χ3v) is 2.95. The molecule has 1 aromatic rings. The Hall–Kier alpha value is -0.940. The topological polar surface area (TPSA) is 60.2 Å². The van der Waals surface area contributed by atoms with Gasteiger partial charge in [-0.25, -0.2) is 0 Å². The maximum atomic E-state index is 5.67. The van der Waals surface area contributed by atoms with Crippen LogP contribution >= 0.6 is 0 Å². The molecule has 0 aromatic carbocycles. The van der Waals surface area contributed by atoms with E-state index in [1.54, 1.807) is 0 Å². The zero-order valence-electron chi connectivity index (χ0n) is 11.0. The number of nitrogens with one attached hydrogen (secondary N) is 1. The van der Waals surface area contributed by atoms with Crippen molar-refractivity contribution in [3.8, 4) is 0 Å². The van der Waals surface area contributed by atoms with Crippen molar-refractivity contribution in [2.24, 2.45) is 0 Å². The quantitative estimate of drug-likeness (QED) is 0.872. The second kappa shape index (κ2) is 4.74. The molecule has 0 saturated carbocycles. The van der Waals surface area contributed by atoms with Gasteiger partial charge in [-0.3, -0.25) is 0 Å². The Kier molecular flexibility index (Phi) is 3.49. The standard InChI is InChI=1S/C12H21N3O2/c1-8-9(5-6-16-8)11-15-14-10(17-11)7-13-12(2,3)4/h8-9,13H,5-7H2,1-4H3. The molecule has 0 amide bonds. The molecule has 0 radical (unpaired) electrons. The number of hydrogen-bond acceptors (Lipinski definition) is 5. The van der Waals surface area contributed by atoms with Gasteiger partial charge in [0, 0.05) is 12.1 Å². The Labute approximate surface area is 102 Å². The molecule has 1 N–H and O–H groups in total. The lowest BCUT2D eigenvalue weighted by Crippen LogP contribution is -2.35. The lowest BCUT2D eigenvalue weighted by molar-refractivity contribution is 0.114. The van der Waals surface area contributed by atoms with E-state index < -0.39 is 0 Å². The highest BCUT2D eigenvalue weighted by Crippen LogP contribution is 2.29. The largest absolute Gasteiger partial charge is 0.423 e. The Bertz CT molecular complexity index is 370. The van der Waals surface area contributed by atoms with Crippen LogP contribution in [0.2, 0.25) is 0 Å². The third kappa shape index (κ3) is 3.26. The van der Waals surface area contributed by atoms with E-state index in [0.717, 1.165) is 13.0 Å². The van der Waals surface area contributed by atoms with Crippen molar-refractivity contribution in [1.29, 1.82) is 0 Å². The van der Waals surface area contributed by atoms with Crippen LogP contribution in [-0.4, -0.2) is 28.4 Å². The van der Waals surface area contributed by atoms with Gasteiger partial charge in [0.15, 0.2) is 0 Å². The Morgan fingerprint density at radius 2 is 2.12 bits per heavy atom. The third-order valence-electron chi connectivity index (χ3n) is 2.95. The molecule has 96 valence electrons. The van der Waals surface area contributed by atoms with Crippen LogP contribution in [0.4, 0.5) is 0 Å².